The third-order valence-corrected chi connectivity index (χ3v) is 2.41. The van der Waals surface area contributed by atoms with Crippen LogP contribution in [0.15, 0.2) is 0 Å². The van der Waals surface area contributed by atoms with Crippen LogP contribution in [-0.4, -0.2) is 61.2 Å². The lowest BCUT2D eigenvalue weighted by Gasteiger charge is -2.16. The van der Waals surface area contributed by atoms with Crippen LogP contribution in [-0.2, 0) is 4.74 Å². The van der Waals surface area contributed by atoms with Crippen molar-refractivity contribution in [3.05, 3.63) is 0 Å². The number of likely N-dealkylation sites (N-methyl/N-ethyl adjacent to an activating group) is 2. The van der Waals surface area contributed by atoms with Gasteiger partial charge in [0.25, 0.3) is 0 Å². The van der Waals surface area contributed by atoms with Crippen molar-refractivity contribution < 1.29 is 4.74 Å². The average Bonchev–Trinajstić information content (AvgIpc) is 2.03. The van der Waals surface area contributed by atoms with Gasteiger partial charge in [0, 0.05) is 28.2 Å². The monoisotopic (exact) mass is 220 g/mol. The first-order valence-electron chi connectivity index (χ1n) is 3.93. The summed E-state index contributed by atoms with van der Waals surface area (Å²) >= 11 is 10.1. The third kappa shape index (κ3) is 5.90. The molecule has 0 bridgehead atoms. The number of nitrogens with zero attached hydrogens (tertiary/aromatic N) is 2. The summed E-state index contributed by atoms with van der Waals surface area (Å²) in [5, 5.41) is 0. The quantitative estimate of drug-likeness (QED) is 0.649. The summed E-state index contributed by atoms with van der Waals surface area (Å²) in [4.78, 5) is 5.27. The molecule has 0 spiro atoms. The van der Waals surface area contributed by atoms with Gasteiger partial charge in [-0.3, -0.25) is 0 Å². The van der Waals surface area contributed by atoms with E-state index in [1.165, 1.54) is 0 Å². The zero-order valence-electron chi connectivity index (χ0n) is 8.53. The molecule has 0 rings (SSSR count). The first kappa shape index (κ1) is 12.7. The highest BCUT2D eigenvalue weighted by molar-refractivity contribution is 7.80. The molecule has 0 saturated heterocycles. The van der Waals surface area contributed by atoms with Crippen LogP contribution in [0.25, 0.3) is 0 Å². The number of thiocarbonyl (C=S) groups is 2. The lowest BCUT2D eigenvalue weighted by Crippen LogP contribution is -2.29. The highest BCUT2D eigenvalue weighted by Crippen LogP contribution is 1.89. The van der Waals surface area contributed by atoms with Gasteiger partial charge in [-0.2, -0.15) is 0 Å². The molecule has 0 radical (unpaired) electrons. The molecule has 0 aliphatic carbocycles. The van der Waals surface area contributed by atoms with Crippen LogP contribution in [0, 0.1) is 0 Å². The van der Waals surface area contributed by atoms with Crippen molar-refractivity contribution >= 4 is 34.4 Å². The van der Waals surface area contributed by atoms with Crippen LogP contribution in [0.5, 0.6) is 0 Å². The maximum Gasteiger partial charge on any atom is 0.104 e. The molecule has 0 amide bonds. The van der Waals surface area contributed by atoms with E-state index in [0.29, 0.717) is 13.2 Å². The van der Waals surface area contributed by atoms with Crippen LogP contribution >= 0.6 is 24.4 Å². The predicted molar refractivity (Wildman–Crippen MR) is 63.4 cm³/mol. The molecule has 3 nitrogen and oxygen atoms in total. The van der Waals surface area contributed by atoms with Crippen LogP contribution in [0.4, 0.5) is 0 Å². The number of ether oxygens (including phenoxy) is 1. The van der Waals surface area contributed by atoms with E-state index in [1.807, 2.05) is 38.0 Å². The molecule has 0 N–H and O–H groups in total. The fourth-order valence-corrected chi connectivity index (χ4v) is 0.651. The maximum absolute atomic E-state index is 5.31. The van der Waals surface area contributed by atoms with E-state index in [0.717, 1.165) is 9.98 Å². The van der Waals surface area contributed by atoms with Gasteiger partial charge >= 0.3 is 0 Å². The Morgan fingerprint density at radius 3 is 1.46 bits per heavy atom. The summed E-state index contributed by atoms with van der Waals surface area (Å²) in [7, 11) is 7.60. The molecular formula is C8H16N2OS2. The summed E-state index contributed by atoms with van der Waals surface area (Å²) in [6, 6.07) is 0. The summed E-state index contributed by atoms with van der Waals surface area (Å²) in [6.07, 6.45) is 0. The Kier molecular flexibility index (Phi) is 6.11. The van der Waals surface area contributed by atoms with E-state index in [2.05, 4.69) is 0 Å². The molecular weight excluding hydrogens is 204 g/mol. The topological polar surface area (TPSA) is 15.7 Å². The number of hydrogen-bond acceptors (Lipinski definition) is 3. The summed E-state index contributed by atoms with van der Waals surface area (Å²) < 4.78 is 5.31. The Labute approximate surface area is 90.6 Å². The van der Waals surface area contributed by atoms with Gasteiger partial charge in [0.15, 0.2) is 0 Å². The van der Waals surface area contributed by atoms with Crippen LogP contribution < -0.4 is 0 Å². The van der Waals surface area contributed by atoms with Crippen LogP contribution in [0.2, 0.25) is 0 Å². The molecule has 0 aromatic rings. The SMILES string of the molecule is CN(C)C(=S)COCC(=S)N(C)C. The van der Waals surface area contributed by atoms with Crippen molar-refractivity contribution in [2.24, 2.45) is 0 Å². The van der Waals surface area contributed by atoms with E-state index < -0.39 is 0 Å². The first-order valence-corrected chi connectivity index (χ1v) is 4.75. The zero-order chi connectivity index (χ0) is 10.4. The minimum Gasteiger partial charge on any atom is -0.370 e. The Morgan fingerprint density at radius 2 is 1.23 bits per heavy atom. The molecule has 76 valence electrons. The lowest BCUT2D eigenvalue weighted by molar-refractivity contribution is 0.204. The summed E-state index contributed by atoms with van der Waals surface area (Å²) in [5.41, 5.74) is 0. The van der Waals surface area contributed by atoms with Crippen molar-refractivity contribution in [1.82, 2.24) is 9.80 Å². The highest BCUT2D eigenvalue weighted by atomic mass is 32.1. The van der Waals surface area contributed by atoms with Crippen molar-refractivity contribution in [2.75, 3.05) is 41.4 Å². The van der Waals surface area contributed by atoms with Gasteiger partial charge in [-0.15, -0.1) is 0 Å². The van der Waals surface area contributed by atoms with E-state index in [9.17, 15) is 0 Å². The van der Waals surface area contributed by atoms with Crippen molar-refractivity contribution in [1.29, 1.82) is 0 Å². The first-order chi connectivity index (χ1) is 5.95. The second-order valence-electron chi connectivity index (χ2n) is 3.07. The molecule has 13 heavy (non-hydrogen) atoms. The molecule has 0 saturated carbocycles. The van der Waals surface area contributed by atoms with E-state index in [4.69, 9.17) is 29.2 Å². The molecule has 0 aliphatic rings. The van der Waals surface area contributed by atoms with E-state index in [1.54, 1.807) is 0 Å². The molecule has 0 aromatic carbocycles. The van der Waals surface area contributed by atoms with Gasteiger partial charge in [-0.1, -0.05) is 24.4 Å². The Bertz CT molecular complexity index is 173. The molecule has 0 atom stereocenters. The normalized spacial score (nSPS) is 9.54. The second kappa shape index (κ2) is 6.23. The van der Waals surface area contributed by atoms with E-state index in [-0.39, 0.29) is 0 Å². The molecule has 0 fully saturated rings. The summed E-state index contributed by atoms with van der Waals surface area (Å²) in [5.74, 6) is 0. The predicted octanol–water partition coefficient (Wildman–Crippen LogP) is 0.781. The fraction of sp³-hybridized carbons (Fsp3) is 0.750. The third-order valence-electron chi connectivity index (χ3n) is 1.45. The molecule has 0 heterocycles. The smallest absolute Gasteiger partial charge is 0.104 e. The minimum atomic E-state index is 0.455. The lowest BCUT2D eigenvalue weighted by atomic mass is 10.6. The van der Waals surface area contributed by atoms with Gasteiger partial charge in [-0.05, 0) is 0 Å². The Balaban J connectivity index is 3.57. The van der Waals surface area contributed by atoms with Gasteiger partial charge in [0.05, 0.1) is 13.2 Å². The Hall–Kier alpha value is -0.260. The van der Waals surface area contributed by atoms with Crippen LogP contribution in [0.3, 0.4) is 0 Å². The zero-order valence-corrected chi connectivity index (χ0v) is 10.2. The number of hydrogen-bond donors (Lipinski definition) is 0. The standard InChI is InChI=1S/C8H16N2OS2/c1-9(2)7(12)5-11-6-8(13)10(3)4/h5-6H2,1-4H3. The fourth-order valence-electron chi connectivity index (χ4n) is 0.484. The number of rotatable bonds is 4. The molecule has 5 heteroatoms. The van der Waals surface area contributed by atoms with Crippen LogP contribution in [0.1, 0.15) is 0 Å². The minimum absolute atomic E-state index is 0.455. The van der Waals surface area contributed by atoms with Crippen molar-refractivity contribution in [3.8, 4) is 0 Å². The van der Waals surface area contributed by atoms with Gasteiger partial charge in [0.2, 0.25) is 0 Å². The molecule has 0 aromatic heterocycles. The van der Waals surface area contributed by atoms with Gasteiger partial charge in [0.1, 0.15) is 9.98 Å². The summed E-state index contributed by atoms with van der Waals surface area (Å²) in [6.45, 7) is 0.909. The van der Waals surface area contributed by atoms with E-state index >= 15 is 0 Å². The molecule has 0 aliphatic heterocycles. The Morgan fingerprint density at radius 1 is 0.923 bits per heavy atom. The maximum atomic E-state index is 5.31. The second-order valence-corrected chi connectivity index (χ2v) is 4.01. The van der Waals surface area contributed by atoms with Crippen molar-refractivity contribution in [2.45, 2.75) is 0 Å². The van der Waals surface area contributed by atoms with Crippen molar-refractivity contribution in [3.63, 3.8) is 0 Å². The molecule has 0 unspecified atom stereocenters. The van der Waals surface area contributed by atoms with Gasteiger partial charge < -0.3 is 14.5 Å². The largest absolute Gasteiger partial charge is 0.370 e. The highest BCUT2D eigenvalue weighted by Gasteiger charge is 2.02. The van der Waals surface area contributed by atoms with Gasteiger partial charge in [-0.25, -0.2) is 0 Å². The average molecular weight is 220 g/mol.